The molecule has 1 heterocycles. The molecule has 0 spiro atoms. The average molecular weight is 376 g/mol. The van der Waals surface area contributed by atoms with Crippen molar-refractivity contribution >= 4 is 11.8 Å². The third kappa shape index (κ3) is 7.12. The van der Waals surface area contributed by atoms with Crippen LogP contribution in [-0.2, 0) is 9.59 Å². The van der Waals surface area contributed by atoms with Gasteiger partial charge >= 0.3 is 0 Å². The Morgan fingerprint density at radius 1 is 1.15 bits per heavy atom. The Kier molecular flexibility index (Phi) is 8.95. The molecule has 1 atom stereocenters. The molecule has 0 aliphatic carbocycles. The fourth-order valence-corrected chi connectivity index (χ4v) is 3.26. The lowest BCUT2D eigenvalue weighted by atomic mass is 10.0. The molecule has 6 nitrogen and oxygen atoms in total. The van der Waals surface area contributed by atoms with E-state index in [0.29, 0.717) is 44.8 Å². The van der Waals surface area contributed by atoms with Gasteiger partial charge in [0.25, 0.3) is 0 Å². The van der Waals surface area contributed by atoms with Gasteiger partial charge in [0, 0.05) is 32.0 Å². The lowest BCUT2D eigenvalue weighted by Gasteiger charge is -2.33. The van der Waals surface area contributed by atoms with Gasteiger partial charge in [0.2, 0.25) is 11.8 Å². The van der Waals surface area contributed by atoms with Crippen molar-refractivity contribution in [1.82, 2.24) is 10.2 Å². The van der Waals surface area contributed by atoms with E-state index in [0.717, 1.165) is 31.6 Å². The minimum Gasteiger partial charge on any atom is -0.490 e. The van der Waals surface area contributed by atoms with E-state index in [9.17, 15) is 9.59 Å². The summed E-state index contributed by atoms with van der Waals surface area (Å²) < 4.78 is 11.3. The summed E-state index contributed by atoms with van der Waals surface area (Å²) in [5.74, 6) is 1.65. The van der Waals surface area contributed by atoms with Crippen molar-refractivity contribution in [3.8, 4) is 11.5 Å². The molecule has 1 unspecified atom stereocenters. The van der Waals surface area contributed by atoms with E-state index < -0.39 is 0 Å². The van der Waals surface area contributed by atoms with E-state index in [1.807, 2.05) is 43.0 Å². The molecule has 1 N–H and O–H groups in total. The molecule has 0 radical (unpaired) electrons. The number of benzene rings is 1. The third-order valence-electron chi connectivity index (χ3n) is 4.56. The number of carbonyl (C=O) groups is 2. The van der Waals surface area contributed by atoms with Crippen LogP contribution in [0.15, 0.2) is 24.3 Å². The van der Waals surface area contributed by atoms with Gasteiger partial charge < -0.3 is 19.7 Å². The maximum atomic E-state index is 12.5. The van der Waals surface area contributed by atoms with Crippen LogP contribution in [0.5, 0.6) is 11.5 Å². The maximum absolute atomic E-state index is 12.5. The van der Waals surface area contributed by atoms with Crippen LogP contribution < -0.4 is 14.8 Å². The van der Waals surface area contributed by atoms with Gasteiger partial charge in [0.15, 0.2) is 11.5 Å². The van der Waals surface area contributed by atoms with Gasteiger partial charge in [-0.15, -0.1) is 0 Å². The highest BCUT2D eigenvalue weighted by Crippen LogP contribution is 2.26. The van der Waals surface area contributed by atoms with Crippen molar-refractivity contribution in [1.29, 1.82) is 0 Å². The number of hydrogen-bond acceptors (Lipinski definition) is 4. The quantitative estimate of drug-likeness (QED) is 0.637. The second-order valence-corrected chi connectivity index (χ2v) is 6.83. The first-order valence-electron chi connectivity index (χ1n) is 10.1. The van der Waals surface area contributed by atoms with Gasteiger partial charge in [0.05, 0.1) is 13.2 Å². The molecular weight excluding hydrogens is 344 g/mol. The fraction of sp³-hybridized carbons (Fsp3) is 0.619. The van der Waals surface area contributed by atoms with E-state index in [1.54, 1.807) is 0 Å². The number of ether oxygens (including phenoxy) is 2. The van der Waals surface area contributed by atoms with Crippen LogP contribution in [0.1, 0.15) is 52.4 Å². The molecule has 2 amide bonds. The molecule has 1 fully saturated rings. The third-order valence-corrected chi connectivity index (χ3v) is 4.56. The first-order chi connectivity index (χ1) is 13.1. The molecule has 1 aromatic rings. The largest absolute Gasteiger partial charge is 0.490 e. The number of hydrogen-bond donors (Lipinski definition) is 1. The van der Waals surface area contributed by atoms with E-state index in [4.69, 9.17) is 9.47 Å². The van der Waals surface area contributed by atoms with E-state index >= 15 is 0 Å². The summed E-state index contributed by atoms with van der Waals surface area (Å²) in [6.07, 6.45) is 4.37. The lowest BCUT2D eigenvalue weighted by Crippen LogP contribution is -2.49. The van der Waals surface area contributed by atoms with Crippen molar-refractivity contribution < 1.29 is 19.1 Å². The minimum atomic E-state index is 0.0797. The summed E-state index contributed by atoms with van der Waals surface area (Å²) in [5.41, 5.74) is 0. The Labute approximate surface area is 162 Å². The maximum Gasteiger partial charge on any atom is 0.222 e. The monoisotopic (exact) mass is 376 g/mol. The smallest absolute Gasteiger partial charge is 0.222 e. The van der Waals surface area contributed by atoms with Crippen molar-refractivity contribution in [2.45, 2.75) is 58.4 Å². The Morgan fingerprint density at radius 3 is 2.59 bits per heavy atom. The van der Waals surface area contributed by atoms with Crippen molar-refractivity contribution in [3.05, 3.63) is 24.3 Å². The van der Waals surface area contributed by atoms with Gasteiger partial charge in [-0.25, -0.2) is 0 Å². The van der Waals surface area contributed by atoms with Crippen LogP contribution in [0.2, 0.25) is 0 Å². The highest BCUT2D eigenvalue weighted by atomic mass is 16.5. The Morgan fingerprint density at radius 2 is 1.89 bits per heavy atom. The zero-order chi connectivity index (χ0) is 19.5. The highest BCUT2D eigenvalue weighted by Gasteiger charge is 2.24. The molecule has 27 heavy (non-hydrogen) atoms. The summed E-state index contributed by atoms with van der Waals surface area (Å²) in [5, 5.41) is 3.04. The number of nitrogens with one attached hydrogen (secondary N) is 1. The Balaban J connectivity index is 1.71. The number of rotatable bonds is 10. The van der Waals surface area contributed by atoms with Crippen molar-refractivity contribution in [3.63, 3.8) is 0 Å². The van der Waals surface area contributed by atoms with Crippen molar-refractivity contribution in [2.24, 2.45) is 0 Å². The first-order valence-corrected chi connectivity index (χ1v) is 10.1. The predicted molar refractivity (Wildman–Crippen MR) is 105 cm³/mol. The molecule has 1 saturated heterocycles. The zero-order valence-electron chi connectivity index (χ0n) is 16.5. The van der Waals surface area contributed by atoms with Crippen LogP contribution >= 0.6 is 0 Å². The number of likely N-dealkylation sites (tertiary alicyclic amines) is 1. The zero-order valence-corrected chi connectivity index (χ0v) is 16.5. The topological polar surface area (TPSA) is 67.9 Å². The molecule has 150 valence electrons. The van der Waals surface area contributed by atoms with Crippen LogP contribution in [0.4, 0.5) is 0 Å². The van der Waals surface area contributed by atoms with Gasteiger partial charge in [-0.3, -0.25) is 9.59 Å². The summed E-state index contributed by atoms with van der Waals surface area (Å²) >= 11 is 0. The van der Waals surface area contributed by atoms with Crippen LogP contribution in [0.3, 0.4) is 0 Å². The second-order valence-electron chi connectivity index (χ2n) is 6.83. The molecule has 1 aliphatic heterocycles. The van der Waals surface area contributed by atoms with E-state index in [-0.39, 0.29) is 17.9 Å². The van der Waals surface area contributed by atoms with Crippen LogP contribution in [0.25, 0.3) is 0 Å². The Hall–Kier alpha value is -2.24. The molecule has 0 bridgehead atoms. The number of nitrogens with zero attached hydrogens (tertiary/aromatic N) is 1. The number of piperidine rings is 1. The van der Waals surface area contributed by atoms with Crippen LogP contribution in [0, 0.1) is 0 Å². The number of amides is 2. The van der Waals surface area contributed by atoms with Crippen molar-refractivity contribution in [2.75, 3.05) is 26.3 Å². The van der Waals surface area contributed by atoms with Crippen LogP contribution in [-0.4, -0.2) is 49.1 Å². The first kappa shape index (κ1) is 21.1. The molecule has 1 aromatic carbocycles. The molecule has 0 saturated carbocycles. The normalized spacial score (nSPS) is 16.7. The molecular formula is C21H32N2O4. The average Bonchev–Trinajstić information content (AvgIpc) is 2.67. The molecule has 2 rings (SSSR count). The highest BCUT2D eigenvalue weighted by molar-refractivity contribution is 5.77. The molecule has 0 aromatic heterocycles. The summed E-state index contributed by atoms with van der Waals surface area (Å²) in [4.78, 5) is 26.1. The lowest BCUT2D eigenvalue weighted by molar-refractivity contribution is -0.133. The van der Waals surface area contributed by atoms with Gasteiger partial charge in [0.1, 0.15) is 0 Å². The summed E-state index contributed by atoms with van der Waals surface area (Å²) in [6, 6.07) is 7.65. The number of para-hydroxylation sites is 2. The van der Waals surface area contributed by atoms with E-state index in [2.05, 4.69) is 5.32 Å². The fourth-order valence-electron chi connectivity index (χ4n) is 3.26. The van der Waals surface area contributed by atoms with E-state index in [1.165, 1.54) is 0 Å². The standard InChI is InChI=1S/C21H32N2O4/c1-3-9-20(24)22-17-10-7-14-23(16-17)21(25)13-8-15-27-19-12-6-5-11-18(19)26-4-2/h5-6,11-12,17H,3-4,7-10,13-16H2,1-2H3,(H,22,24). The molecule has 6 heteroatoms. The second kappa shape index (κ2) is 11.5. The van der Waals surface area contributed by atoms with Gasteiger partial charge in [-0.1, -0.05) is 19.1 Å². The minimum absolute atomic E-state index is 0.0797. The SMILES string of the molecule is CCCC(=O)NC1CCCN(C(=O)CCCOc2ccccc2OCC)C1. The predicted octanol–water partition coefficient (Wildman–Crippen LogP) is 3.15. The van der Waals surface area contributed by atoms with Gasteiger partial charge in [-0.2, -0.15) is 0 Å². The number of carbonyl (C=O) groups excluding carboxylic acids is 2. The molecule has 1 aliphatic rings. The summed E-state index contributed by atoms with van der Waals surface area (Å²) in [7, 11) is 0. The summed E-state index contributed by atoms with van der Waals surface area (Å²) in [6.45, 7) is 6.37. The van der Waals surface area contributed by atoms with Gasteiger partial charge in [-0.05, 0) is 44.7 Å². The Bertz CT molecular complexity index is 606.